The highest BCUT2D eigenvalue weighted by Crippen LogP contribution is 2.23. The average molecular weight is 361 g/mol. The average Bonchev–Trinajstić information content (AvgIpc) is 3.35. The Morgan fingerprint density at radius 2 is 1.96 bits per heavy atom. The number of benzene rings is 1. The molecule has 0 aromatic heterocycles. The molecular weight excluding hydrogens is 332 g/mol. The summed E-state index contributed by atoms with van der Waals surface area (Å²) < 4.78 is 0. The third-order valence-electron chi connectivity index (χ3n) is 5.66. The lowest BCUT2D eigenvalue weighted by Crippen LogP contribution is -2.45. The Bertz CT molecular complexity index is 570. The molecule has 0 radical (unpaired) electrons. The van der Waals surface area contributed by atoms with E-state index in [2.05, 4.69) is 45.9 Å². The van der Waals surface area contributed by atoms with Gasteiger partial charge in [-0.3, -0.25) is 9.69 Å². The monoisotopic (exact) mass is 360 g/mol. The van der Waals surface area contributed by atoms with Crippen molar-refractivity contribution in [2.24, 2.45) is 0 Å². The molecule has 3 fully saturated rings. The second-order valence-electron chi connectivity index (χ2n) is 7.31. The van der Waals surface area contributed by atoms with Gasteiger partial charge in [0.05, 0.1) is 11.9 Å². The molecule has 6 heteroatoms. The Labute approximate surface area is 154 Å². The fourth-order valence-electron chi connectivity index (χ4n) is 4.17. The van der Waals surface area contributed by atoms with Crippen molar-refractivity contribution in [1.29, 1.82) is 0 Å². The van der Waals surface area contributed by atoms with Crippen molar-refractivity contribution in [3.05, 3.63) is 30.3 Å². The molecule has 0 bridgehead atoms. The van der Waals surface area contributed by atoms with Crippen molar-refractivity contribution in [2.45, 2.75) is 37.4 Å². The molecule has 0 unspecified atom stereocenters. The lowest BCUT2D eigenvalue weighted by molar-refractivity contribution is -0.131. The fourth-order valence-corrected chi connectivity index (χ4v) is 5.13. The third kappa shape index (κ3) is 4.13. The van der Waals surface area contributed by atoms with Gasteiger partial charge >= 0.3 is 0 Å². The van der Waals surface area contributed by atoms with E-state index in [1.807, 2.05) is 16.7 Å². The first-order chi connectivity index (χ1) is 12.3. The molecule has 0 saturated carbocycles. The fraction of sp³-hybridized carbons (Fsp3) is 0.632. The maximum absolute atomic E-state index is 12.6. The molecule has 3 aliphatic heterocycles. The molecule has 5 nitrogen and oxygen atoms in total. The Morgan fingerprint density at radius 3 is 2.68 bits per heavy atom. The minimum atomic E-state index is 0.0314. The van der Waals surface area contributed by atoms with Crippen LogP contribution in [0.15, 0.2) is 30.3 Å². The number of carbonyl (C=O) groups is 1. The van der Waals surface area contributed by atoms with Crippen molar-refractivity contribution < 1.29 is 4.79 Å². The van der Waals surface area contributed by atoms with Gasteiger partial charge in [-0.2, -0.15) is 0 Å². The molecule has 3 heterocycles. The third-order valence-corrected chi connectivity index (χ3v) is 6.63. The smallest absolute Gasteiger partial charge is 0.240 e. The molecule has 1 aromatic carbocycles. The van der Waals surface area contributed by atoms with E-state index in [0.29, 0.717) is 18.0 Å². The molecule has 0 spiro atoms. The van der Waals surface area contributed by atoms with E-state index in [1.54, 1.807) is 0 Å². The Kier molecular flexibility index (Phi) is 5.48. The molecule has 2 N–H and O–H groups in total. The predicted octanol–water partition coefficient (Wildman–Crippen LogP) is 1.83. The van der Waals surface area contributed by atoms with Gasteiger partial charge in [0.25, 0.3) is 0 Å². The van der Waals surface area contributed by atoms with E-state index in [0.717, 1.165) is 44.2 Å². The summed E-state index contributed by atoms with van der Waals surface area (Å²) in [6, 6.07) is 11.6. The number of anilines is 1. The lowest BCUT2D eigenvalue weighted by atomic mass is 10.0. The molecule has 3 aliphatic rings. The zero-order valence-electron chi connectivity index (χ0n) is 14.7. The maximum Gasteiger partial charge on any atom is 0.240 e. The van der Waals surface area contributed by atoms with E-state index in [-0.39, 0.29) is 6.04 Å². The maximum atomic E-state index is 12.6. The zero-order valence-corrected chi connectivity index (χ0v) is 15.5. The van der Waals surface area contributed by atoms with Crippen molar-refractivity contribution >= 4 is 23.4 Å². The minimum Gasteiger partial charge on any atom is -0.382 e. The van der Waals surface area contributed by atoms with Gasteiger partial charge in [0.2, 0.25) is 5.91 Å². The van der Waals surface area contributed by atoms with Crippen LogP contribution in [0.1, 0.15) is 19.3 Å². The van der Waals surface area contributed by atoms with Crippen LogP contribution in [-0.4, -0.2) is 71.6 Å². The van der Waals surface area contributed by atoms with E-state index < -0.39 is 0 Å². The van der Waals surface area contributed by atoms with Crippen LogP contribution in [0.25, 0.3) is 0 Å². The number of para-hydroxylation sites is 1. The molecule has 3 saturated heterocycles. The molecule has 1 aromatic rings. The summed E-state index contributed by atoms with van der Waals surface area (Å²) >= 11 is 1.86. The van der Waals surface area contributed by atoms with Gasteiger partial charge in [0.15, 0.2) is 0 Å². The summed E-state index contributed by atoms with van der Waals surface area (Å²) in [5, 5.41) is 7.12. The largest absolute Gasteiger partial charge is 0.382 e. The first kappa shape index (κ1) is 17.2. The van der Waals surface area contributed by atoms with E-state index in [9.17, 15) is 4.79 Å². The highest BCUT2D eigenvalue weighted by atomic mass is 32.2. The number of hydrogen-bond donors (Lipinski definition) is 2. The molecule has 136 valence electrons. The van der Waals surface area contributed by atoms with Crippen molar-refractivity contribution in [3.63, 3.8) is 0 Å². The van der Waals surface area contributed by atoms with Crippen molar-refractivity contribution in [1.82, 2.24) is 15.1 Å². The normalized spacial score (nSPS) is 28.4. The number of nitrogens with zero attached hydrogens (tertiary/aromatic N) is 2. The topological polar surface area (TPSA) is 47.6 Å². The summed E-state index contributed by atoms with van der Waals surface area (Å²) in [6.45, 7) is 4.12. The van der Waals surface area contributed by atoms with Crippen LogP contribution in [0.5, 0.6) is 0 Å². The molecular formula is C19H28N4OS. The molecule has 2 atom stereocenters. The quantitative estimate of drug-likeness (QED) is 0.858. The summed E-state index contributed by atoms with van der Waals surface area (Å²) in [7, 11) is 0. The number of hydrogen-bond acceptors (Lipinski definition) is 5. The first-order valence-corrected chi connectivity index (χ1v) is 10.6. The van der Waals surface area contributed by atoms with Gasteiger partial charge in [-0.05, 0) is 31.4 Å². The number of likely N-dealkylation sites (tertiary alicyclic amines) is 1. The Hall–Kier alpha value is -1.24. The van der Waals surface area contributed by atoms with Crippen LogP contribution < -0.4 is 10.6 Å². The molecule has 1 amide bonds. The van der Waals surface area contributed by atoms with E-state index in [1.165, 1.54) is 18.5 Å². The SMILES string of the molecule is O=C([C@@H]1C[C@H](N2CCC(Nc3ccccc3)CC2)CN1)N1CCSC1. The number of carbonyl (C=O) groups excluding carboxylic acids is 1. The van der Waals surface area contributed by atoms with Crippen LogP contribution in [0, 0.1) is 0 Å². The number of nitrogens with one attached hydrogen (secondary N) is 2. The van der Waals surface area contributed by atoms with Crippen LogP contribution >= 0.6 is 11.8 Å². The summed E-state index contributed by atoms with van der Waals surface area (Å²) in [6.07, 6.45) is 3.32. The van der Waals surface area contributed by atoms with Gasteiger partial charge in [-0.1, -0.05) is 18.2 Å². The minimum absolute atomic E-state index is 0.0314. The summed E-state index contributed by atoms with van der Waals surface area (Å²) in [4.78, 5) is 17.2. The summed E-state index contributed by atoms with van der Waals surface area (Å²) in [5.74, 6) is 2.27. The lowest BCUT2D eigenvalue weighted by Gasteiger charge is -2.36. The summed E-state index contributed by atoms with van der Waals surface area (Å²) in [5.41, 5.74) is 1.22. The van der Waals surface area contributed by atoms with Crippen molar-refractivity contribution in [2.75, 3.05) is 43.1 Å². The zero-order chi connectivity index (χ0) is 17.1. The molecule has 4 rings (SSSR count). The highest BCUT2D eigenvalue weighted by molar-refractivity contribution is 7.99. The van der Waals surface area contributed by atoms with Gasteiger partial charge in [-0.25, -0.2) is 0 Å². The standard InChI is InChI=1S/C19H28N4OS/c24-19(23-10-11-25-14-23)18-12-17(13-20-18)22-8-6-16(7-9-22)21-15-4-2-1-3-5-15/h1-5,16-18,20-21H,6-14H2/t17-,18-/m0/s1. The Morgan fingerprint density at radius 1 is 1.16 bits per heavy atom. The van der Waals surface area contributed by atoms with Crippen LogP contribution in [-0.2, 0) is 4.79 Å². The Balaban J connectivity index is 1.24. The van der Waals surface area contributed by atoms with Gasteiger partial charge in [0, 0.05) is 49.7 Å². The van der Waals surface area contributed by atoms with Gasteiger partial charge in [-0.15, -0.1) is 11.8 Å². The molecule has 25 heavy (non-hydrogen) atoms. The van der Waals surface area contributed by atoms with E-state index in [4.69, 9.17) is 0 Å². The van der Waals surface area contributed by atoms with Crippen LogP contribution in [0.3, 0.4) is 0 Å². The second-order valence-corrected chi connectivity index (χ2v) is 8.38. The predicted molar refractivity (Wildman–Crippen MR) is 104 cm³/mol. The number of piperidine rings is 1. The molecule has 0 aliphatic carbocycles. The highest BCUT2D eigenvalue weighted by Gasteiger charge is 2.36. The van der Waals surface area contributed by atoms with Gasteiger partial charge in [0.1, 0.15) is 0 Å². The van der Waals surface area contributed by atoms with Crippen molar-refractivity contribution in [3.8, 4) is 0 Å². The number of thioether (sulfide) groups is 1. The van der Waals surface area contributed by atoms with Gasteiger partial charge < -0.3 is 15.5 Å². The number of amides is 1. The van der Waals surface area contributed by atoms with E-state index >= 15 is 0 Å². The van der Waals surface area contributed by atoms with Crippen LogP contribution in [0.4, 0.5) is 5.69 Å². The second kappa shape index (κ2) is 7.98. The first-order valence-electron chi connectivity index (χ1n) is 9.45. The van der Waals surface area contributed by atoms with Crippen LogP contribution in [0.2, 0.25) is 0 Å². The number of rotatable bonds is 4.